The molecule has 2 aliphatic rings. The number of carbonyl (C=O) groups is 2. The molecule has 0 radical (unpaired) electrons. The van der Waals surface area contributed by atoms with Gasteiger partial charge >= 0.3 is 6.03 Å². The third-order valence-electron chi connectivity index (χ3n) is 4.40. The van der Waals surface area contributed by atoms with Crippen LogP contribution in [0.15, 0.2) is 18.2 Å². The lowest BCUT2D eigenvalue weighted by Crippen LogP contribution is -2.48. The number of urea groups is 1. The van der Waals surface area contributed by atoms with E-state index in [0.29, 0.717) is 35.6 Å². The molecule has 24 heavy (non-hydrogen) atoms. The molecule has 1 aromatic rings. The lowest BCUT2D eigenvalue weighted by atomic mass is 9.97. The number of piperidine rings is 1. The van der Waals surface area contributed by atoms with Gasteiger partial charge < -0.3 is 20.3 Å². The van der Waals surface area contributed by atoms with Gasteiger partial charge in [-0.05, 0) is 43.9 Å². The van der Waals surface area contributed by atoms with Gasteiger partial charge in [-0.1, -0.05) is 11.6 Å². The Bertz CT molecular complexity index is 634. The first kappa shape index (κ1) is 16.9. The molecule has 2 fully saturated rings. The molecule has 130 valence electrons. The molecule has 3 amide bonds. The van der Waals surface area contributed by atoms with Gasteiger partial charge in [0.05, 0.1) is 18.7 Å². The van der Waals surface area contributed by atoms with Gasteiger partial charge in [0.1, 0.15) is 5.75 Å². The van der Waals surface area contributed by atoms with E-state index in [1.165, 1.54) is 0 Å². The SMILES string of the molecule is COc1ccc(Cl)cc1NC(=O)C1CCCN(C(=O)NC2CC2)C1. The van der Waals surface area contributed by atoms with Crippen LogP contribution in [0.3, 0.4) is 0 Å². The number of benzene rings is 1. The summed E-state index contributed by atoms with van der Waals surface area (Å²) in [7, 11) is 1.55. The maximum atomic E-state index is 12.6. The fourth-order valence-electron chi connectivity index (χ4n) is 2.88. The molecule has 1 saturated heterocycles. The van der Waals surface area contributed by atoms with E-state index in [2.05, 4.69) is 10.6 Å². The summed E-state index contributed by atoms with van der Waals surface area (Å²) in [5.41, 5.74) is 0.551. The largest absolute Gasteiger partial charge is 0.495 e. The molecule has 3 rings (SSSR count). The van der Waals surface area contributed by atoms with Crippen LogP contribution >= 0.6 is 11.6 Å². The third-order valence-corrected chi connectivity index (χ3v) is 4.64. The highest BCUT2D eigenvalue weighted by molar-refractivity contribution is 6.31. The second kappa shape index (κ2) is 7.30. The van der Waals surface area contributed by atoms with E-state index in [-0.39, 0.29) is 17.9 Å². The van der Waals surface area contributed by atoms with Gasteiger partial charge in [0.2, 0.25) is 5.91 Å². The van der Waals surface area contributed by atoms with Gasteiger partial charge in [-0.15, -0.1) is 0 Å². The predicted molar refractivity (Wildman–Crippen MR) is 92.5 cm³/mol. The van der Waals surface area contributed by atoms with Crippen LogP contribution in [0, 0.1) is 5.92 Å². The Hall–Kier alpha value is -1.95. The van der Waals surface area contributed by atoms with Crippen LogP contribution in [0.1, 0.15) is 25.7 Å². The Balaban J connectivity index is 1.61. The van der Waals surface area contributed by atoms with Crippen LogP contribution in [0.25, 0.3) is 0 Å². The van der Waals surface area contributed by atoms with Crippen molar-refractivity contribution >= 4 is 29.2 Å². The zero-order chi connectivity index (χ0) is 17.1. The molecule has 1 heterocycles. The first-order valence-electron chi connectivity index (χ1n) is 8.26. The number of anilines is 1. The van der Waals surface area contributed by atoms with Gasteiger partial charge in [-0.25, -0.2) is 4.79 Å². The number of nitrogens with one attached hydrogen (secondary N) is 2. The van der Waals surface area contributed by atoms with Crippen molar-refractivity contribution in [3.8, 4) is 5.75 Å². The second-order valence-corrected chi connectivity index (χ2v) is 6.78. The van der Waals surface area contributed by atoms with E-state index in [9.17, 15) is 9.59 Å². The molecule has 1 unspecified atom stereocenters. The monoisotopic (exact) mass is 351 g/mol. The highest BCUT2D eigenvalue weighted by Gasteiger charge is 2.31. The minimum Gasteiger partial charge on any atom is -0.495 e. The van der Waals surface area contributed by atoms with Crippen molar-refractivity contribution < 1.29 is 14.3 Å². The van der Waals surface area contributed by atoms with Crippen molar-refractivity contribution in [2.45, 2.75) is 31.7 Å². The van der Waals surface area contributed by atoms with E-state index in [1.54, 1.807) is 30.2 Å². The van der Waals surface area contributed by atoms with Gasteiger partial charge in [0.25, 0.3) is 0 Å². The maximum Gasteiger partial charge on any atom is 0.317 e. The van der Waals surface area contributed by atoms with E-state index in [0.717, 1.165) is 25.7 Å². The number of hydrogen-bond acceptors (Lipinski definition) is 3. The Kier molecular flexibility index (Phi) is 5.14. The van der Waals surface area contributed by atoms with Crippen molar-refractivity contribution in [3.63, 3.8) is 0 Å². The number of hydrogen-bond donors (Lipinski definition) is 2. The number of halogens is 1. The molecule has 0 spiro atoms. The zero-order valence-corrected chi connectivity index (χ0v) is 14.4. The number of amides is 3. The Labute approximate surface area is 146 Å². The Morgan fingerprint density at radius 2 is 2.08 bits per heavy atom. The van der Waals surface area contributed by atoms with Gasteiger partial charge in [-0.3, -0.25) is 4.79 Å². The van der Waals surface area contributed by atoms with Crippen molar-refractivity contribution in [1.29, 1.82) is 0 Å². The quantitative estimate of drug-likeness (QED) is 0.876. The van der Waals surface area contributed by atoms with E-state index in [4.69, 9.17) is 16.3 Å². The standard InChI is InChI=1S/C17H22ClN3O3/c1-24-15-7-4-12(18)9-14(15)20-16(22)11-3-2-8-21(10-11)17(23)19-13-5-6-13/h4,7,9,11,13H,2-3,5-6,8,10H2,1H3,(H,19,23)(H,20,22). The Morgan fingerprint density at radius 1 is 1.29 bits per heavy atom. The molecule has 0 bridgehead atoms. The molecule has 1 aliphatic carbocycles. The van der Waals surface area contributed by atoms with Crippen molar-refractivity contribution in [1.82, 2.24) is 10.2 Å². The summed E-state index contributed by atoms with van der Waals surface area (Å²) >= 11 is 5.99. The van der Waals surface area contributed by atoms with Crippen LogP contribution in [0.2, 0.25) is 5.02 Å². The van der Waals surface area contributed by atoms with Crippen LogP contribution < -0.4 is 15.4 Å². The van der Waals surface area contributed by atoms with Crippen LogP contribution in [-0.4, -0.2) is 43.1 Å². The molecule has 0 aromatic heterocycles. The third kappa shape index (κ3) is 4.12. The minimum atomic E-state index is -0.229. The molecule has 1 atom stereocenters. The van der Waals surface area contributed by atoms with Crippen molar-refractivity contribution in [2.75, 3.05) is 25.5 Å². The highest BCUT2D eigenvalue weighted by Crippen LogP contribution is 2.29. The highest BCUT2D eigenvalue weighted by atomic mass is 35.5. The van der Waals surface area contributed by atoms with Crippen molar-refractivity contribution in [2.24, 2.45) is 5.92 Å². The molecular weight excluding hydrogens is 330 g/mol. The molecule has 1 saturated carbocycles. The molecule has 1 aliphatic heterocycles. The number of nitrogens with zero attached hydrogens (tertiary/aromatic N) is 1. The van der Waals surface area contributed by atoms with E-state index < -0.39 is 0 Å². The average Bonchev–Trinajstić information content (AvgIpc) is 3.39. The summed E-state index contributed by atoms with van der Waals surface area (Å²) in [6.45, 7) is 1.14. The molecule has 2 N–H and O–H groups in total. The lowest BCUT2D eigenvalue weighted by molar-refractivity contribution is -0.121. The average molecular weight is 352 g/mol. The number of ether oxygens (including phenoxy) is 1. The van der Waals surface area contributed by atoms with Crippen LogP contribution in [0.4, 0.5) is 10.5 Å². The summed E-state index contributed by atoms with van der Waals surface area (Å²) in [5, 5.41) is 6.38. The van der Waals surface area contributed by atoms with Gasteiger partial charge in [0, 0.05) is 24.2 Å². The normalized spacial score (nSPS) is 20.4. The zero-order valence-electron chi connectivity index (χ0n) is 13.7. The molecule has 6 nitrogen and oxygen atoms in total. The van der Waals surface area contributed by atoms with Crippen molar-refractivity contribution in [3.05, 3.63) is 23.2 Å². The summed E-state index contributed by atoms with van der Waals surface area (Å²) in [6.07, 6.45) is 3.70. The number of methoxy groups -OCH3 is 1. The smallest absolute Gasteiger partial charge is 0.317 e. The number of carbonyl (C=O) groups excluding carboxylic acids is 2. The van der Waals surface area contributed by atoms with Crippen LogP contribution in [-0.2, 0) is 4.79 Å². The summed E-state index contributed by atoms with van der Waals surface area (Å²) < 4.78 is 5.25. The van der Waals surface area contributed by atoms with E-state index in [1.807, 2.05) is 0 Å². The number of rotatable bonds is 4. The Morgan fingerprint density at radius 3 is 2.79 bits per heavy atom. The first-order valence-corrected chi connectivity index (χ1v) is 8.64. The predicted octanol–water partition coefficient (Wildman–Crippen LogP) is 2.87. The minimum absolute atomic E-state index is 0.0599. The van der Waals surface area contributed by atoms with Gasteiger partial charge in [-0.2, -0.15) is 0 Å². The topological polar surface area (TPSA) is 70.7 Å². The lowest BCUT2D eigenvalue weighted by Gasteiger charge is -2.32. The molecular formula is C17H22ClN3O3. The summed E-state index contributed by atoms with van der Waals surface area (Å²) in [5.74, 6) is 0.221. The second-order valence-electron chi connectivity index (χ2n) is 6.34. The first-order chi connectivity index (χ1) is 11.6. The fourth-order valence-corrected chi connectivity index (χ4v) is 3.05. The fraction of sp³-hybridized carbons (Fsp3) is 0.529. The van der Waals surface area contributed by atoms with E-state index >= 15 is 0 Å². The summed E-state index contributed by atoms with van der Waals surface area (Å²) in [4.78, 5) is 26.5. The summed E-state index contributed by atoms with van der Waals surface area (Å²) in [6, 6.07) is 5.35. The van der Waals surface area contributed by atoms with Crippen LogP contribution in [0.5, 0.6) is 5.75 Å². The molecule has 1 aromatic carbocycles. The van der Waals surface area contributed by atoms with Gasteiger partial charge in [0.15, 0.2) is 0 Å². The molecule has 7 heteroatoms. The number of likely N-dealkylation sites (tertiary alicyclic amines) is 1. The maximum absolute atomic E-state index is 12.6.